The molecule has 28 heavy (non-hydrogen) atoms. The minimum atomic E-state index is -0.586. The lowest BCUT2D eigenvalue weighted by molar-refractivity contribution is -0.132. The molecule has 1 aliphatic rings. The highest BCUT2D eigenvalue weighted by Crippen LogP contribution is 2.23. The summed E-state index contributed by atoms with van der Waals surface area (Å²) < 4.78 is 0. The number of amides is 1. The van der Waals surface area contributed by atoms with Gasteiger partial charge in [0.05, 0.1) is 24.9 Å². The van der Waals surface area contributed by atoms with E-state index in [0.29, 0.717) is 26.2 Å². The fraction of sp³-hybridized carbons (Fsp3) is 0.286. The first-order valence-electron chi connectivity index (χ1n) is 9.24. The fourth-order valence-corrected chi connectivity index (χ4v) is 4.21. The summed E-state index contributed by atoms with van der Waals surface area (Å²) in [4.78, 5) is 25.2. The number of nitrogens with zero attached hydrogens (tertiary/aromatic N) is 4. The third-order valence-electron chi connectivity index (χ3n) is 4.69. The van der Waals surface area contributed by atoms with Crippen molar-refractivity contribution >= 4 is 17.2 Å². The topological polar surface area (TPSA) is 69.6 Å². The highest BCUT2D eigenvalue weighted by molar-refractivity contribution is 7.09. The van der Waals surface area contributed by atoms with Gasteiger partial charge in [0, 0.05) is 43.0 Å². The van der Waals surface area contributed by atoms with Crippen LogP contribution in [0.4, 0.5) is 0 Å². The zero-order valence-corrected chi connectivity index (χ0v) is 16.3. The molecular formula is C21H22N4O2S. The van der Waals surface area contributed by atoms with Crippen molar-refractivity contribution in [3.8, 4) is 11.3 Å². The Morgan fingerprint density at radius 1 is 1.11 bits per heavy atom. The Kier molecular flexibility index (Phi) is 5.76. The lowest BCUT2D eigenvalue weighted by Crippen LogP contribution is -2.36. The summed E-state index contributed by atoms with van der Waals surface area (Å²) in [5.41, 5.74) is 2.99. The van der Waals surface area contributed by atoms with E-state index >= 15 is 0 Å². The summed E-state index contributed by atoms with van der Waals surface area (Å²) in [6, 6.07) is 13.8. The van der Waals surface area contributed by atoms with Gasteiger partial charge in [0.2, 0.25) is 5.91 Å². The zero-order valence-electron chi connectivity index (χ0n) is 15.4. The molecule has 0 aliphatic carbocycles. The van der Waals surface area contributed by atoms with E-state index in [2.05, 4.69) is 4.98 Å². The molecule has 2 aromatic heterocycles. The second kappa shape index (κ2) is 8.60. The molecule has 3 heterocycles. The van der Waals surface area contributed by atoms with Crippen LogP contribution in [0.1, 0.15) is 10.6 Å². The number of rotatable bonds is 5. The molecule has 0 saturated carbocycles. The first-order valence-corrected chi connectivity index (χ1v) is 10.1. The van der Waals surface area contributed by atoms with E-state index in [1.807, 2.05) is 52.7 Å². The smallest absolute Gasteiger partial charge is 0.237 e. The van der Waals surface area contributed by atoms with Gasteiger partial charge in [-0.25, -0.2) is 4.98 Å². The summed E-state index contributed by atoms with van der Waals surface area (Å²) in [5.74, 6) is 0.0141. The number of pyridine rings is 1. The Hall–Kier alpha value is -2.61. The van der Waals surface area contributed by atoms with Crippen molar-refractivity contribution in [3.63, 3.8) is 0 Å². The number of benzene rings is 1. The van der Waals surface area contributed by atoms with Crippen molar-refractivity contribution in [2.24, 2.45) is 0 Å². The average molecular weight is 395 g/mol. The normalized spacial score (nSPS) is 18.2. The van der Waals surface area contributed by atoms with Crippen molar-refractivity contribution in [1.82, 2.24) is 19.8 Å². The molecule has 1 amide bonds. The van der Waals surface area contributed by atoms with Crippen LogP contribution in [-0.4, -0.2) is 56.5 Å². The second-order valence-electron chi connectivity index (χ2n) is 6.95. The van der Waals surface area contributed by atoms with E-state index in [1.165, 1.54) is 0 Å². The summed E-state index contributed by atoms with van der Waals surface area (Å²) in [6.45, 7) is 2.08. The predicted octanol–water partition coefficient (Wildman–Crippen LogP) is 2.41. The van der Waals surface area contributed by atoms with E-state index in [1.54, 1.807) is 28.6 Å². The lowest BCUT2D eigenvalue weighted by atomic mass is 10.2. The molecule has 6 nitrogen and oxygen atoms in total. The predicted molar refractivity (Wildman–Crippen MR) is 108 cm³/mol. The Morgan fingerprint density at radius 2 is 1.96 bits per heavy atom. The van der Waals surface area contributed by atoms with Crippen LogP contribution in [0, 0.1) is 0 Å². The van der Waals surface area contributed by atoms with Gasteiger partial charge in [0.15, 0.2) is 0 Å². The minimum Gasteiger partial charge on any atom is -0.390 e. The summed E-state index contributed by atoms with van der Waals surface area (Å²) in [6.07, 6.45) is 2.88. The maximum Gasteiger partial charge on any atom is 0.237 e. The van der Waals surface area contributed by atoms with Crippen LogP contribution in [-0.2, 0) is 17.9 Å². The van der Waals surface area contributed by atoms with Gasteiger partial charge in [-0.05, 0) is 11.6 Å². The first-order chi connectivity index (χ1) is 13.7. The Balaban J connectivity index is 1.42. The number of carbonyl (C=O) groups is 1. The van der Waals surface area contributed by atoms with Crippen molar-refractivity contribution in [2.75, 3.05) is 19.6 Å². The molecule has 1 aromatic carbocycles. The van der Waals surface area contributed by atoms with E-state index in [-0.39, 0.29) is 12.5 Å². The number of aliphatic hydroxyl groups excluding tert-OH is 1. The highest BCUT2D eigenvalue weighted by atomic mass is 32.1. The number of β-amino-alcohol motifs (C(OH)–C–C–N with tert-alkyl or cyclic N) is 1. The standard InChI is InChI=1S/C21H22N4O2S/c26-18-11-24(13-20-23-19(15-28-20)17-6-2-1-3-7-17)14-21(27)25(12-18)10-16-5-4-8-22-9-16/h1-9,15,18,26H,10-14H2/t18-/m0/s1. The molecule has 3 aromatic rings. The van der Waals surface area contributed by atoms with E-state index < -0.39 is 6.10 Å². The SMILES string of the molecule is O=C1CN(Cc2nc(-c3ccccc3)cs2)C[C@H](O)CN1Cc1cccnc1. The minimum absolute atomic E-state index is 0.0141. The van der Waals surface area contributed by atoms with Gasteiger partial charge in [0.1, 0.15) is 5.01 Å². The molecule has 0 bridgehead atoms. The van der Waals surface area contributed by atoms with E-state index in [0.717, 1.165) is 21.8 Å². The monoisotopic (exact) mass is 394 g/mol. The van der Waals surface area contributed by atoms with Gasteiger partial charge in [-0.15, -0.1) is 11.3 Å². The molecule has 1 saturated heterocycles. The third kappa shape index (κ3) is 4.62. The number of hydrogen-bond donors (Lipinski definition) is 1. The largest absolute Gasteiger partial charge is 0.390 e. The van der Waals surface area contributed by atoms with Crippen LogP contribution < -0.4 is 0 Å². The molecule has 1 aliphatic heterocycles. The molecule has 1 N–H and O–H groups in total. The van der Waals surface area contributed by atoms with Gasteiger partial charge >= 0.3 is 0 Å². The fourth-order valence-electron chi connectivity index (χ4n) is 3.37. The molecular weight excluding hydrogens is 372 g/mol. The molecule has 0 radical (unpaired) electrons. The molecule has 4 rings (SSSR count). The van der Waals surface area contributed by atoms with Crippen LogP contribution in [0.15, 0.2) is 60.2 Å². The molecule has 1 atom stereocenters. The third-order valence-corrected chi connectivity index (χ3v) is 5.52. The molecule has 7 heteroatoms. The molecule has 0 unspecified atom stereocenters. The van der Waals surface area contributed by atoms with Crippen molar-refractivity contribution in [2.45, 2.75) is 19.2 Å². The Morgan fingerprint density at radius 3 is 2.75 bits per heavy atom. The van der Waals surface area contributed by atoms with Gasteiger partial charge < -0.3 is 10.0 Å². The number of aliphatic hydroxyl groups is 1. The van der Waals surface area contributed by atoms with Crippen LogP contribution in [0.25, 0.3) is 11.3 Å². The van der Waals surface area contributed by atoms with Crippen LogP contribution in [0.3, 0.4) is 0 Å². The first kappa shape index (κ1) is 18.7. The van der Waals surface area contributed by atoms with Crippen LogP contribution in [0.5, 0.6) is 0 Å². The second-order valence-corrected chi connectivity index (χ2v) is 7.89. The lowest BCUT2D eigenvalue weighted by Gasteiger charge is -2.21. The quantitative estimate of drug-likeness (QED) is 0.720. The maximum atomic E-state index is 12.7. The number of thiazole rings is 1. The van der Waals surface area contributed by atoms with Crippen LogP contribution >= 0.6 is 11.3 Å². The van der Waals surface area contributed by atoms with E-state index in [9.17, 15) is 9.90 Å². The number of carbonyl (C=O) groups excluding carboxylic acids is 1. The molecule has 144 valence electrons. The average Bonchev–Trinajstić information content (AvgIpc) is 3.12. The summed E-state index contributed by atoms with van der Waals surface area (Å²) in [7, 11) is 0. The Labute approximate surface area is 168 Å². The van der Waals surface area contributed by atoms with Crippen LogP contribution in [0.2, 0.25) is 0 Å². The Bertz CT molecular complexity index is 916. The van der Waals surface area contributed by atoms with Crippen molar-refractivity contribution in [3.05, 3.63) is 70.8 Å². The van der Waals surface area contributed by atoms with Gasteiger partial charge in [-0.3, -0.25) is 14.7 Å². The van der Waals surface area contributed by atoms with Gasteiger partial charge in [-0.1, -0.05) is 36.4 Å². The molecule has 1 fully saturated rings. The zero-order chi connectivity index (χ0) is 19.3. The van der Waals surface area contributed by atoms with Gasteiger partial charge in [0.25, 0.3) is 0 Å². The molecule has 0 spiro atoms. The van der Waals surface area contributed by atoms with E-state index in [4.69, 9.17) is 4.98 Å². The van der Waals surface area contributed by atoms with Gasteiger partial charge in [-0.2, -0.15) is 0 Å². The maximum absolute atomic E-state index is 12.7. The van der Waals surface area contributed by atoms with Crippen molar-refractivity contribution < 1.29 is 9.90 Å². The number of aromatic nitrogens is 2. The summed E-state index contributed by atoms with van der Waals surface area (Å²) >= 11 is 1.58. The number of hydrogen-bond acceptors (Lipinski definition) is 6. The van der Waals surface area contributed by atoms with Crippen molar-refractivity contribution in [1.29, 1.82) is 0 Å². The summed E-state index contributed by atoms with van der Waals surface area (Å²) in [5, 5.41) is 13.4. The highest BCUT2D eigenvalue weighted by Gasteiger charge is 2.27.